The zero-order chi connectivity index (χ0) is 18.8. The number of nitrogens with one attached hydrogen (secondary N) is 1. The topological polar surface area (TPSA) is 135 Å². The Labute approximate surface area is 149 Å². The van der Waals surface area contributed by atoms with Crippen LogP contribution in [0, 0.1) is 0 Å². The fourth-order valence-electron chi connectivity index (χ4n) is 1.77. The van der Waals surface area contributed by atoms with Crippen LogP contribution in [-0.2, 0) is 29.7 Å². The van der Waals surface area contributed by atoms with Crippen molar-refractivity contribution in [1.29, 1.82) is 0 Å². The summed E-state index contributed by atoms with van der Waals surface area (Å²) in [6, 6.07) is 8.79. The molecule has 11 heteroatoms. The van der Waals surface area contributed by atoms with Crippen LogP contribution >= 0.6 is 7.82 Å². The van der Waals surface area contributed by atoms with Gasteiger partial charge in [-0.05, 0) is 12.1 Å². The Morgan fingerprint density at radius 3 is 2.50 bits per heavy atom. The minimum Gasteiger partial charge on any atom is -0.404 e. The number of fused-ring (bicyclic) bond motifs is 1. The summed E-state index contributed by atoms with van der Waals surface area (Å²) in [6.07, 6.45) is 1.36. The number of nitrogen functional groups attached to an aromatic ring is 1. The van der Waals surface area contributed by atoms with E-state index in [2.05, 4.69) is 14.5 Å². The van der Waals surface area contributed by atoms with E-state index in [0.717, 1.165) is 18.8 Å². The smallest absolute Gasteiger partial charge is 0.404 e. The average molecular weight is 385 g/mol. The molecule has 142 valence electrons. The molecule has 2 aliphatic rings. The molecule has 1 unspecified atom stereocenters. The number of anilines is 1. The van der Waals surface area contributed by atoms with Gasteiger partial charge in [0.2, 0.25) is 0 Å². The van der Waals surface area contributed by atoms with Gasteiger partial charge < -0.3 is 19.7 Å². The second-order valence-corrected chi connectivity index (χ2v) is 6.57. The molecule has 2 aliphatic heterocycles. The van der Waals surface area contributed by atoms with E-state index in [0.29, 0.717) is 18.4 Å². The van der Waals surface area contributed by atoms with Gasteiger partial charge in [0.1, 0.15) is 18.4 Å². The van der Waals surface area contributed by atoms with Crippen molar-refractivity contribution in [1.82, 2.24) is 9.97 Å². The van der Waals surface area contributed by atoms with Crippen LogP contribution in [-0.4, -0.2) is 37.1 Å². The Morgan fingerprint density at radius 2 is 1.96 bits per heavy atom. The number of nitrogens with two attached hydrogens (primary N) is 1. The number of hydrogen-bond acceptors (Lipinski definition) is 9. The van der Waals surface area contributed by atoms with E-state index in [9.17, 15) is 9.36 Å². The van der Waals surface area contributed by atoms with Crippen molar-refractivity contribution in [3.63, 3.8) is 0 Å². The van der Waals surface area contributed by atoms with Crippen LogP contribution in [0.1, 0.15) is 5.56 Å². The third-order valence-corrected chi connectivity index (χ3v) is 4.33. The van der Waals surface area contributed by atoms with Crippen LogP contribution in [0.25, 0.3) is 0 Å². The van der Waals surface area contributed by atoms with Gasteiger partial charge in [0, 0.05) is 18.9 Å². The highest BCUT2D eigenvalue weighted by molar-refractivity contribution is 7.48. The van der Waals surface area contributed by atoms with Gasteiger partial charge in [-0.3, -0.25) is 14.0 Å². The van der Waals surface area contributed by atoms with E-state index < -0.39 is 13.5 Å². The molecular weight excluding hydrogens is 365 g/mol. The molecule has 0 bridgehead atoms. The van der Waals surface area contributed by atoms with E-state index in [4.69, 9.17) is 24.3 Å². The first-order valence-corrected chi connectivity index (χ1v) is 9.02. The summed E-state index contributed by atoms with van der Waals surface area (Å²) in [5, 5.41) is 0. The lowest BCUT2D eigenvalue weighted by molar-refractivity contribution is 0.0692. The molecule has 10 nitrogen and oxygen atoms in total. The molecule has 3 N–H and O–H groups in total. The highest BCUT2D eigenvalue weighted by Gasteiger charge is 2.32. The van der Waals surface area contributed by atoms with E-state index in [1.54, 1.807) is 6.07 Å². The molecule has 1 fully saturated rings. The monoisotopic (exact) mass is 385 g/mol. The number of H-pyrrole nitrogens is 1. The maximum atomic E-state index is 11.5. The summed E-state index contributed by atoms with van der Waals surface area (Å²) in [5.41, 5.74) is 5.63. The molecule has 1 atom stereocenters. The van der Waals surface area contributed by atoms with E-state index in [1.807, 2.05) is 18.2 Å². The van der Waals surface area contributed by atoms with Gasteiger partial charge in [0.05, 0.1) is 19.8 Å². The molecule has 1 aromatic carbocycles. The highest BCUT2D eigenvalue weighted by Crippen LogP contribution is 2.53. The van der Waals surface area contributed by atoms with E-state index >= 15 is 0 Å². The standard InChI is InChI=1S/C8H9O4P.C4H5N3O.C3H6O2/c1-10-13(9)11-6-7-4-2-3-5-8(7)12-13;5-3-1-2-6-4(8)7-3;1-2-5-3-4-1/h2-5H,6H2,1H3;1-2H,(H3,5,6,7,8);1-3H2. The number of benzene rings is 1. The summed E-state index contributed by atoms with van der Waals surface area (Å²) in [5.74, 6) is 0.906. The highest BCUT2D eigenvalue weighted by atomic mass is 31.2. The fourth-order valence-corrected chi connectivity index (χ4v) is 2.72. The summed E-state index contributed by atoms with van der Waals surface area (Å²) in [7, 11) is -2.03. The van der Waals surface area contributed by atoms with Crippen LogP contribution in [0.5, 0.6) is 5.75 Å². The number of aromatic nitrogens is 2. The van der Waals surface area contributed by atoms with Gasteiger partial charge in [-0.25, -0.2) is 14.3 Å². The molecule has 1 aromatic heterocycles. The predicted molar refractivity (Wildman–Crippen MR) is 92.5 cm³/mol. The minimum absolute atomic E-state index is 0.265. The van der Waals surface area contributed by atoms with Crippen molar-refractivity contribution in [2.75, 3.05) is 32.9 Å². The van der Waals surface area contributed by atoms with Gasteiger partial charge in [-0.15, -0.1) is 0 Å². The molecule has 0 spiro atoms. The second kappa shape index (κ2) is 10.0. The van der Waals surface area contributed by atoms with Crippen LogP contribution in [0.2, 0.25) is 0 Å². The summed E-state index contributed by atoms with van der Waals surface area (Å²) < 4.78 is 35.6. The van der Waals surface area contributed by atoms with Crippen LogP contribution in [0.3, 0.4) is 0 Å². The molecule has 0 amide bonds. The third kappa shape index (κ3) is 6.58. The molecule has 4 rings (SSSR count). The van der Waals surface area contributed by atoms with Gasteiger partial charge >= 0.3 is 13.5 Å². The Hall–Kier alpha value is -2.23. The lowest BCUT2D eigenvalue weighted by Gasteiger charge is -2.23. The van der Waals surface area contributed by atoms with Crippen LogP contribution < -0.4 is 15.9 Å². The molecule has 0 radical (unpaired) electrons. The quantitative estimate of drug-likeness (QED) is 0.703. The van der Waals surface area contributed by atoms with Crippen LogP contribution in [0.15, 0.2) is 41.3 Å². The molecule has 0 aliphatic carbocycles. The lowest BCUT2D eigenvalue weighted by atomic mass is 10.2. The maximum absolute atomic E-state index is 11.5. The Morgan fingerprint density at radius 1 is 1.23 bits per heavy atom. The Bertz CT molecular complexity index is 787. The second-order valence-electron chi connectivity index (χ2n) is 4.87. The van der Waals surface area contributed by atoms with Gasteiger partial charge in [0.25, 0.3) is 0 Å². The number of phosphoric acid groups is 1. The number of phosphoric ester groups is 1. The van der Waals surface area contributed by atoms with E-state index in [-0.39, 0.29) is 6.61 Å². The van der Waals surface area contributed by atoms with Crippen molar-refractivity contribution in [3.8, 4) is 5.75 Å². The summed E-state index contributed by atoms with van der Waals surface area (Å²) in [4.78, 5) is 15.9. The molecule has 2 aromatic rings. The molecule has 26 heavy (non-hydrogen) atoms. The van der Waals surface area contributed by atoms with E-state index in [1.165, 1.54) is 19.4 Å². The SMILES string of the molecule is C1COCO1.COP1(=O)OCc2ccccc2O1.Nc1ccnc(=O)[nH]1. The fraction of sp³-hybridized carbons (Fsp3) is 0.333. The minimum atomic E-state index is -3.33. The number of aromatic amines is 1. The predicted octanol–water partition coefficient (Wildman–Crippen LogP) is 1.69. The normalized spacial score (nSPS) is 20.5. The zero-order valence-electron chi connectivity index (χ0n) is 14.1. The average Bonchev–Trinajstić information content (AvgIpc) is 3.22. The van der Waals surface area contributed by atoms with Crippen molar-refractivity contribution in [2.45, 2.75) is 6.61 Å². The number of rotatable bonds is 1. The molecular formula is C15H20N3O7P. The lowest BCUT2D eigenvalue weighted by Crippen LogP contribution is -2.10. The third-order valence-electron chi connectivity index (χ3n) is 3.02. The van der Waals surface area contributed by atoms with Crippen molar-refractivity contribution < 1.29 is 27.6 Å². The first-order chi connectivity index (χ1) is 12.5. The zero-order valence-corrected chi connectivity index (χ0v) is 15.0. The van der Waals surface area contributed by atoms with Gasteiger partial charge in [-0.1, -0.05) is 18.2 Å². The molecule has 3 heterocycles. The molecule has 0 saturated carbocycles. The van der Waals surface area contributed by atoms with Gasteiger partial charge in [0.15, 0.2) is 0 Å². The maximum Gasteiger partial charge on any atom is 0.530 e. The summed E-state index contributed by atoms with van der Waals surface area (Å²) in [6.45, 7) is 2.32. The largest absolute Gasteiger partial charge is 0.530 e. The first-order valence-electron chi connectivity index (χ1n) is 7.56. The first kappa shape index (κ1) is 20.1. The van der Waals surface area contributed by atoms with Gasteiger partial charge in [-0.2, -0.15) is 0 Å². The number of ether oxygens (including phenoxy) is 2. The van der Waals surface area contributed by atoms with Crippen molar-refractivity contribution in [2.24, 2.45) is 0 Å². The van der Waals surface area contributed by atoms with Crippen molar-refractivity contribution in [3.05, 3.63) is 52.6 Å². The number of hydrogen-bond donors (Lipinski definition) is 2. The molecule has 1 saturated heterocycles. The van der Waals surface area contributed by atoms with Crippen LogP contribution in [0.4, 0.5) is 5.82 Å². The number of nitrogens with zero attached hydrogens (tertiary/aromatic N) is 1. The van der Waals surface area contributed by atoms with Crippen molar-refractivity contribution >= 4 is 13.6 Å². The summed E-state index contributed by atoms with van der Waals surface area (Å²) >= 11 is 0. The Kier molecular flexibility index (Phi) is 7.76. The Balaban J connectivity index is 0.000000158. The number of para-hydroxylation sites is 1.